The first-order chi connectivity index (χ1) is 8.79. The molecular weight excluding hydrogens is 269 g/mol. The molecule has 1 saturated heterocycles. The fraction of sp³-hybridized carbons (Fsp3) is 0.538. The Kier molecular flexibility index (Phi) is 3.57. The average Bonchev–Trinajstić information content (AvgIpc) is 2.74. The van der Waals surface area contributed by atoms with Crippen LogP contribution < -0.4 is 10.1 Å². The maximum Gasteiger partial charge on any atom is 0.182 e. The summed E-state index contributed by atoms with van der Waals surface area (Å²) in [5, 5.41) is 3.23. The third kappa shape index (κ3) is 2.47. The van der Waals surface area contributed by atoms with Crippen LogP contribution >= 0.6 is 0 Å². The molecule has 0 spiro atoms. The smallest absolute Gasteiger partial charge is 0.182 e. The van der Waals surface area contributed by atoms with Gasteiger partial charge < -0.3 is 10.1 Å². The Morgan fingerprint density at radius 3 is 2.58 bits per heavy atom. The van der Waals surface area contributed by atoms with Crippen LogP contribution in [0.1, 0.15) is 25.3 Å². The monoisotopic (exact) mass is 287 g/mol. The highest BCUT2D eigenvalue weighted by atomic mass is 32.2. The molecular formula is C13H18FNO3S. The number of ether oxygens (including phenoxy) is 1. The second-order valence-corrected chi connectivity index (χ2v) is 7.05. The Bertz CT molecular complexity index is 592. The molecule has 1 heterocycles. The van der Waals surface area contributed by atoms with Crippen LogP contribution in [0.15, 0.2) is 17.0 Å². The van der Waals surface area contributed by atoms with Crippen LogP contribution in [0.3, 0.4) is 0 Å². The Labute approximate surface area is 112 Å². The van der Waals surface area contributed by atoms with Gasteiger partial charge in [0.1, 0.15) is 10.6 Å². The third-order valence-electron chi connectivity index (χ3n) is 3.61. The van der Waals surface area contributed by atoms with Crippen molar-refractivity contribution in [1.82, 2.24) is 5.32 Å². The highest BCUT2D eigenvalue weighted by Crippen LogP contribution is 2.37. The van der Waals surface area contributed by atoms with Crippen molar-refractivity contribution in [3.05, 3.63) is 23.5 Å². The number of sulfone groups is 1. The molecule has 0 aromatic heterocycles. The summed E-state index contributed by atoms with van der Waals surface area (Å²) in [5.41, 5.74) is -0.137. The number of methoxy groups -OCH3 is 1. The molecule has 0 radical (unpaired) electrons. The Morgan fingerprint density at radius 1 is 1.42 bits per heavy atom. The van der Waals surface area contributed by atoms with Crippen molar-refractivity contribution >= 4 is 9.84 Å². The number of hydrogen-bond donors (Lipinski definition) is 1. The van der Waals surface area contributed by atoms with Crippen molar-refractivity contribution in [3.63, 3.8) is 0 Å². The summed E-state index contributed by atoms with van der Waals surface area (Å²) in [5.74, 6) is -0.663. The maximum atomic E-state index is 14.6. The Morgan fingerprint density at radius 2 is 2.11 bits per heavy atom. The van der Waals surface area contributed by atoms with Crippen LogP contribution in [0.2, 0.25) is 0 Å². The van der Waals surface area contributed by atoms with Crippen LogP contribution in [-0.4, -0.2) is 28.3 Å². The molecule has 1 atom stereocenters. The van der Waals surface area contributed by atoms with E-state index in [1.54, 1.807) is 6.07 Å². The molecule has 6 heteroatoms. The fourth-order valence-corrected chi connectivity index (χ4v) is 3.55. The minimum Gasteiger partial charge on any atom is -0.495 e. The SMILES string of the molecule is COc1ccc(C2(C)CCCN2)c(F)c1S(C)(=O)=O. The van der Waals surface area contributed by atoms with Crippen LogP contribution in [0.4, 0.5) is 4.39 Å². The molecule has 2 rings (SSSR count). The van der Waals surface area contributed by atoms with Gasteiger partial charge in [0.25, 0.3) is 0 Å². The largest absolute Gasteiger partial charge is 0.495 e. The fourth-order valence-electron chi connectivity index (χ4n) is 2.60. The molecule has 1 aromatic carbocycles. The van der Waals surface area contributed by atoms with Crippen molar-refractivity contribution in [2.75, 3.05) is 19.9 Å². The van der Waals surface area contributed by atoms with Crippen LogP contribution in [0.5, 0.6) is 5.75 Å². The highest BCUT2D eigenvalue weighted by Gasteiger charge is 2.35. The topological polar surface area (TPSA) is 55.4 Å². The lowest BCUT2D eigenvalue weighted by atomic mass is 9.90. The van der Waals surface area contributed by atoms with E-state index in [0.717, 1.165) is 25.6 Å². The minimum atomic E-state index is -3.68. The molecule has 4 nitrogen and oxygen atoms in total. The van der Waals surface area contributed by atoms with E-state index < -0.39 is 21.2 Å². The average molecular weight is 287 g/mol. The van der Waals surface area contributed by atoms with E-state index in [9.17, 15) is 12.8 Å². The van der Waals surface area contributed by atoms with Crippen LogP contribution in [-0.2, 0) is 15.4 Å². The number of hydrogen-bond acceptors (Lipinski definition) is 4. The summed E-state index contributed by atoms with van der Waals surface area (Å²) in [4.78, 5) is -0.359. The zero-order valence-corrected chi connectivity index (χ0v) is 12.1. The summed E-state index contributed by atoms with van der Waals surface area (Å²) in [6.07, 6.45) is 2.71. The number of nitrogens with one attached hydrogen (secondary N) is 1. The third-order valence-corrected chi connectivity index (χ3v) is 4.74. The molecule has 0 aliphatic carbocycles. The summed E-state index contributed by atoms with van der Waals surface area (Å²) < 4.78 is 43.1. The predicted octanol–water partition coefficient (Wildman–Crippen LogP) is 1.84. The van der Waals surface area contributed by atoms with Gasteiger partial charge in [-0.2, -0.15) is 0 Å². The molecule has 0 bridgehead atoms. The van der Waals surface area contributed by atoms with E-state index in [-0.39, 0.29) is 10.6 Å². The zero-order valence-electron chi connectivity index (χ0n) is 11.3. The molecule has 0 saturated carbocycles. The minimum absolute atomic E-state index is 0.0466. The normalized spacial score (nSPS) is 23.6. The molecule has 106 valence electrons. The van der Waals surface area contributed by atoms with Gasteiger partial charge in [0.2, 0.25) is 0 Å². The lowest BCUT2D eigenvalue weighted by Crippen LogP contribution is -2.34. The van der Waals surface area contributed by atoms with Gasteiger partial charge in [-0.15, -0.1) is 0 Å². The van der Waals surface area contributed by atoms with Crippen molar-refractivity contribution in [3.8, 4) is 5.75 Å². The van der Waals surface area contributed by atoms with Crippen molar-refractivity contribution < 1.29 is 17.5 Å². The Hall–Kier alpha value is -1.14. The second-order valence-electron chi connectivity index (χ2n) is 5.09. The molecule has 1 fully saturated rings. The van der Waals surface area contributed by atoms with Gasteiger partial charge in [-0.1, -0.05) is 6.07 Å². The van der Waals surface area contributed by atoms with E-state index in [1.807, 2.05) is 6.92 Å². The molecule has 1 unspecified atom stereocenters. The molecule has 1 N–H and O–H groups in total. The first-order valence-electron chi connectivity index (χ1n) is 6.11. The quantitative estimate of drug-likeness (QED) is 0.921. The lowest BCUT2D eigenvalue weighted by molar-refractivity contribution is 0.377. The Balaban J connectivity index is 2.67. The van der Waals surface area contributed by atoms with Gasteiger partial charge in [-0.05, 0) is 32.4 Å². The van der Waals surface area contributed by atoms with E-state index in [1.165, 1.54) is 13.2 Å². The standard InChI is InChI=1S/C13H18FNO3S/c1-13(7-4-8-15-13)9-5-6-10(18-2)12(11(9)14)19(3,16)17/h5-6,15H,4,7-8H2,1-3H3. The summed E-state index contributed by atoms with van der Waals surface area (Å²) >= 11 is 0. The van der Waals surface area contributed by atoms with Crippen molar-refractivity contribution in [1.29, 1.82) is 0 Å². The number of benzene rings is 1. The maximum absolute atomic E-state index is 14.6. The van der Waals surface area contributed by atoms with Crippen molar-refractivity contribution in [2.45, 2.75) is 30.2 Å². The summed E-state index contributed by atoms with van der Waals surface area (Å²) in [6.45, 7) is 2.69. The van der Waals surface area contributed by atoms with E-state index in [4.69, 9.17) is 4.74 Å². The van der Waals surface area contributed by atoms with Gasteiger partial charge in [0.05, 0.1) is 7.11 Å². The molecule has 1 aliphatic heterocycles. The van der Waals surface area contributed by atoms with E-state index >= 15 is 0 Å². The van der Waals surface area contributed by atoms with E-state index in [0.29, 0.717) is 5.56 Å². The van der Waals surface area contributed by atoms with E-state index in [2.05, 4.69) is 5.32 Å². The van der Waals surface area contributed by atoms with Crippen molar-refractivity contribution in [2.24, 2.45) is 0 Å². The highest BCUT2D eigenvalue weighted by molar-refractivity contribution is 7.90. The number of halogens is 1. The lowest BCUT2D eigenvalue weighted by Gasteiger charge is -2.26. The summed E-state index contributed by atoms with van der Waals surface area (Å²) in [6, 6.07) is 3.11. The molecule has 19 heavy (non-hydrogen) atoms. The van der Waals surface area contributed by atoms with Crippen LogP contribution in [0, 0.1) is 5.82 Å². The second kappa shape index (κ2) is 4.76. The molecule has 1 aromatic rings. The van der Waals surface area contributed by atoms with Crippen LogP contribution in [0.25, 0.3) is 0 Å². The summed E-state index contributed by atoms with van der Waals surface area (Å²) in [7, 11) is -2.35. The molecule has 0 amide bonds. The zero-order chi connectivity index (χ0) is 14.3. The number of rotatable bonds is 3. The van der Waals surface area contributed by atoms with Gasteiger partial charge in [-0.25, -0.2) is 12.8 Å². The van der Waals surface area contributed by atoms with Gasteiger partial charge in [0, 0.05) is 17.4 Å². The van der Waals surface area contributed by atoms with Gasteiger partial charge in [0.15, 0.2) is 15.7 Å². The van der Waals surface area contributed by atoms with Gasteiger partial charge >= 0.3 is 0 Å². The van der Waals surface area contributed by atoms with Gasteiger partial charge in [-0.3, -0.25) is 0 Å². The first-order valence-corrected chi connectivity index (χ1v) is 8.01. The predicted molar refractivity (Wildman–Crippen MR) is 70.7 cm³/mol. The molecule has 1 aliphatic rings. The first kappa shape index (κ1) is 14.3.